The minimum atomic E-state index is 0.683. The molecule has 3 heterocycles. The van der Waals surface area contributed by atoms with Crippen molar-refractivity contribution in [2.75, 3.05) is 5.32 Å². The minimum Gasteiger partial charge on any atom is -0.323 e. The zero-order valence-electron chi connectivity index (χ0n) is 15.1. The first kappa shape index (κ1) is 16.9. The predicted octanol–water partition coefficient (Wildman–Crippen LogP) is 4.09. The summed E-state index contributed by atoms with van der Waals surface area (Å²) in [6.45, 7) is 2.81. The first-order valence-electron chi connectivity index (χ1n) is 8.93. The second kappa shape index (κ2) is 7.78. The molecule has 0 aliphatic heterocycles. The number of rotatable bonds is 6. The molecule has 3 aromatic heterocycles. The molecule has 0 aliphatic carbocycles. The molecule has 0 saturated carbocycles. The number of anilines is 2. The number of hydrogen-bond donors (Lipinski definition) is 1. The standard InChI is InChI=1S/C21H20N6/c1-2-18-14-20(25-21(23-18)17-8-11-22-12-9-17)24-19-10-13-27(26-19)15-16-6-4-3-5-7-16/h3-14H,2,15H2,1H3,(H,23,24,25,26). The maximum absolute atomic E-state index is 4.64. The van der Waals surface area contributed by atoms with Crippen molar-refractivity contribution < 1.29 is 0 Å². The maximum atomic E-state index is 4.64. The highest BCUT2D eigenvalue weighted by Crippen LogP contribution is 2.20. The van der Waals surface area contributed by atoms with Gasteiger partial charge >= 0.3 is 0 Å². The molecule has 1 aromatic carbocycles. The Morgan fingerprint density at radius 3 is 2.52 bits per heavy atom. The van der Waals surface area contributed by atoms with Crippen LogP contribution in [-0.2, 0) is 13.0 Å². The van der Waals surface area contributed by atoms with Gasteiger partial charge in [0, 0.05) is 42.0 Å². The van der Waals surface area contributed by atoms with E-state index in [2.05, 4.69) is 44.4 Å². The fourth-order valence-electron chi connectivity index (χ4n) is 2.79. The van der Waals surface area contributed by atoms with E-state index in [1.807, 2.05) is 53.3 Å². The van der Waals surface area contributed by atoms with Crippen molar-refractivity contribution >= 4 is 11.6 Å². The number of nitrogens with zero attached hydrogens (tertiary/aromatic N) is 5. The van der Waals surface area contributed by atoms with Crippen LogP contribution in [0, 0.1) is 0 Å². The lowest BCUT2D eigenvalue weighted by molar-refractivity contribution is 0.689. The first-order chi connectivity index (χ1) is 13.3. The topological polar surface area (TPSA) is 68.5 Å². The molecule has 0 atom stereocenters. The van der Waals surface area contributed by atoms with Crippen molar-refractivity contribution in [3.8, 4) is 11.4 Å². The highest BCUT2D eigenvalue weighted by atomic mass is 15.3. The van der Waals surface area contributed by atoms with Crippen LogP contribution in [0.3, 0.4) is 0 Å². The number of hydrogen-bond acceptors (Lipinski definition) is 5. The van der Waals surface area contributed by atoms with Crippen LogP contribution >= 0.6 is 0 Å². The van der Waals surface area contributed by atoms with Crippen LogP contribution in [0.25, 0.3) is 11.4 Å². The van der Waals surface area contributed by atoms with E-state index in [4.69, 9.17) is 0 Å². The Kier molecular flexibility index (Phi) is 4.87. The third kappa shape index (κ3) is 4.17. The molecule has 0 radical (unpaired) electrons. The molecule has 0 fully saturated rings. The van der Waals surface area contributed by atoms with Crippen LogP contribution < -0.4 is 5.32 Å². The number of aromatic nitrogens is 5. The van der Waals surface area contributed by atoms with Crippen LogP contribution in [0.2, 0.25) is 0 Å². The van der Waals surface area contributed by atoms with E-state index in [1.54, 1.807) is 12.4 Å². The van der Waals surface area contributed by atoms with Crippen molar-refractivity contribution in [3.05, 3.63) is 84.4 Å². The van der Waals surface area contributed by atoms with E-state index >= 15 is 0 Å². The Morgan fingerprint density at radius 2 is 1.74 bits per heavy atom. The van der Waals surface area contributed by atoms with E-state index in [-0.39, 0.29) is 0 Å². The summed E-state index contributed by atoms with van der Waals surface area (Å²) in [7, 11) is 0. The molecular formula is C21H20N6. The normalized spacial score (nSPS) is 10.7. The van der Waals surface area contributed by atoms with Gasteiger partial charge in [0.1, 0.15) is 5.82 Å². The van der Waals surface area contributed by atoms with Crippen LogP contribution in [0.5, 0.6) is 0 Å². The Hall–Kier alpha value is -3.54. The lowest BCUT2D eigenvalue weighted by Crippen LogP contribution is -2.03. The van der Waals surface area contributed by atoms with Gasteiger partial charge in [0.25, 0.3) is 0 Å². The smallest absolute Gasteiger partial charge is 0.161 e. The molecule has 4 aromatic rings. The van der Waals surface area contributed by atoms with Gasteiger partial charge in [-0.1, -0.05) is 37.3 Å². The zero-order valence-corrected chi connectivity index (χ0v) is 15.1. The molecular weight excluding hydrogens is 336 g/mol. The average Bonchev–Trinajstić information content (AvgIpc) is 3.15. The Labute approximate surface area is 158 Å². The van der Waals surface area contributed by atoms with Gasteiger partial charge in [-0.25, -0.2) is 9.97 Å². The van der Waals surface area contributed by atoms with Crippen molar-refractivity contribution in [3.63, 3.8) is 0 Å². The SMILES string of the molecule is CCc1cc(Nc2ccn(Cc3ccccc3)n2)nc(-c2ccncc2)n1. The molecule has 0 spiro atoms. The average molecular weight is 356 g/mol. The third-order valence-corrected chi connectivity index (χ3v) is 4.16. The molecule has 1 N–H and O–H groups in total. The summed E-state index contributed by atoms with van der Waals surface area (Å²) >= 11 is 0. The van der Waals surface area contributed by atoms with Gasteiger partial charge in [-0.2, -0.15) is 5.10 Å². The molecule has 0 unspecified atom stereocenters. The number of nitrogens with one attached hydrogen (secondary N) is 1. The van der Waals surface area contributed by atoms with Gasteiger partial charge in [-0.05, 0) is 24.1 Å². The molecule has 6 heteroatoms. The fraction of sp³-hybridized carbons (Fsp3) is 0.143. The number of aryl methyl sites for hydroxylation is 1. The monoisotopic (exact) mass is 356 g/mol. The lowest BCUT2D eigenvalue weighted by atomic mass is 10.2. The van der Waals surface area contributed by atoms with E-state index in [0.717, 1.165) is 35.9 Å². The summed E-state index contributed by atoms with van der Waals surface area (Å²) in [4.78, 5) is 13.3. The second-order valence-corrected chi connectivity index (χ2v) is 6.17. The van der Waals surface area contributed by atoms with Gasteiger partial charge in [0.15, 0.2) is 11.6 Å². The van der Waals surface area contributed by atoms with Gasteiger partial charge in [0.2, 0.25) is 0 Å². The third-order valence-electron chi connectivity index (χ3n) is 4.16. The minimum absolute atomic E-state index is 0.683. The summed E-state index contributed by atoms with van der Waals surface area (Å²) in [5.74, 6) is 2.17. The molecule has 6 nitrogen and oxygen atoms in total. The second-order valence-electron chi connectivity index (χ2n) is 6.17. The highest BCUT2D eigenvalue weighted by Gasteiger charge is 2.08. The fourth-order valence-corrected chi connectivity index (χ4v) is 2.79. The van der Waals surface area contributed by atoms with Crippen molar-refractivity contribution in [2.24, 2.45) is 0 Å². The predicted molar refractivity (Wildman–Crippen MR) is 106 cm³/mol. The summed E-state index contributed by atoms with van der Waals surface area (Å²) in [5.41, 5.74) is 3.13. The molecule has 0 aliphatic rings. The number of pyridine rings is 1. The Bertz CT molecular complexity index is 1010. The van der Waals surface area contributed by atoms with Gasteiger partial charge < -0.3 is 5.32 Å². The largest absolute Gasteiger partial charge is 0.323 e. The van der Waals surface area contributed by atoms with Crippen molar-refractivity contribution in [1.82, 2.24) is 24.7 Å². The van der Waals surface area contributed by atoms with Crippen LogP contribution in [-0.4, -0.2) is 24.7 Å². The summed E-state index contributed by atoms with van der Waals surface area (Å²) in [6.07, 6.45) is 6.28. The highest BCUT2D eigenvalue weighted by molar-refractivity contribution is 5.59. The van der Waals surface area contributed by atoms with Gasteiger partial charge in [-0.3, -0.25) is 9.67 Å². The maximum Gasteiger partial charge on any atom is 0.161 e. The first-order valence-corrected chi connectivity index (χ1v) is 8.93. The van der Waals surface area contributed by atoms with Gasteiger partial charge in [-0.15, -0.1) is 0 Å². The molecule has 27 heavy (non-hydrogen) atoms. The van der Waals surface area contributed by atoms with Crippen molar-refractivity contribution in [2.45, 2.75) is 19.9 Å². The van der Waals surface area contributed by atoms with Crippen LogP contribution in [0.1, 0.15) is 18.2 Å². The molecule has 0 amide bonds. The van der Waals surface area contributed by atoms with Gasteiger partial charge in [0.05, 0.1) is 6.54 Å². The zero-order chi connectivity index (χ0) is 18.5. The summed E-state index contributed by atoms with van der Waals surface area (Å²) in [6, 6.07) is 18.0. The van der Waals surface area contributed by atoms with E-state index in [1.165, 1.54) is 5.56 Å². The molecule has 0 saturated heterocycles. The van der Waals surface area contributed by atoms with E-state index in [0.29, 0.717) is 5.82 Å². The molecule has 4 rings (SSSR count). The van der Waals surface area contributed by atoms with E-state index < -0.39 is 0 Å². The van der Waals surface area contributed by atoms with Crippen LogP contribution in [0.15, 0.2) is 73.2 Å². The number of benzene rings is 1. The van der Waals surface area contributed by atoms with E-state index in [9.17, 15) is 0 Å². The lowest BCUT2D eigenvalue weighted by Gasteiger charge is -2.08. The Balaban J connectivity index is 1.56. The summed E-state index contributed by atoms with van der Waals surface area (Å²) in [5, 5.41) is 7.89. The molecule has 134 valence electrons. The quantitative estimate of drug-likeness (QED) is 0.563. The Morgan fingerprint density at radius 1 is 0.926 bits per heavy atom. The molecule has 0 bridgehead atoms. The van der Waals surface area contributed by atoms with Crippen molar-refractivity contribution in [1.29, 1.82) is 0 Å². The summed E-state index contributed by atoms with van der Waals surface area (Å²) < 4.78 is 1.91. The van der Waals surface area contributed by atoms with Crippen LogP contribution in [0.4, 0.5) is 11.6 Å².